The predicted molar refractivity (Wildman–Crippen MR) is 70.6 cm³/mol. The van der Waals surface area contributed by atoms with E-state index in [0.717, 1.165) is 5.01 Å². The van der Waals surface area contributed by atoms with Crippen molar-refractivity contribution >= 4 is 17.7 Å². The summed E-state index contributed by atoms with van der Waals surface area (Å²) in [6.07, 6.45) is -2.41. The van der Waals surface area contributed by atoms with Gasteiger partial charge in [-0.1, -0.05) is 0 Å². The zero-order chi connectivity index (χ0) is 16.0. The van der Waals surface area contributed by atoms with E-state index in [0.29, 0.717) is 5.56 Å². The zero-order valence-electron chi connectivity index (χ0n) is 11.4. The summed E-state index contributed by atoms with van der Waals surface area (Å²) >= 11 is 0. The van der Waals surface area contributed by atoms with Crippen LogP contribution in [-0.4, -0.2) is 22.7 Å². The van der Waals surface area contributed by atoms with Crippen LogP contribution >= 0.6 is 0 Å². The second-order valence-electron chi connectivity index (χ2n) is 5.37. The van der Waals surface area contributed by atoms with Gasteiger partial charge in [-0.2, -0.15) is 0 Å². The number of imide groups is 1. The Balaban J connectivity index is 2.07. The largest absolute Gasteiger partial charge is 0.296 e. The summed E-state index contributed by atoms with van der Waals surface area (Å²) in [5, 5.41) is 3.04. The van der Waals surface area contributed by atoms with Crippen LogP contribution in [0.3, 0.4) is 0 Å². The van der Waals surface area contributed by atoms with Crippen molar-refractivity contribution in [2.45, 2.75) is 31.7 Å². The van der Waals surface area contributed by atoms with Gasteiger partial charge in [0.25, 0.3) is 12.3 Å². The molecule has 6 nitrogen and oxygen atoms in total. The molecule has 1 atom stereocenters. The molecule has 0 radical (unpaired) electrons. The first kappa shape index (κ1) is 14.6. The van der Waals surface area contributed by atoms with Gasteiger partial charge in [-0.15, -0.1) is 0 Å². The van der Waals surface area contributed by atoms with Crippen LogP contribution in [0.1, 0.15) is 52.2 Å². The van der Waals surface area contributed by atoms with Gasteiger partial charge in [0.15, 0.2) is 0 Å². The van der Waals surface area contributed by atoms with E-state index in [-0.39, 0.29) is 42.0 Å². The third-order valence-electron chi connectivity index (χ3n) is 4.00. The number of nitrogens with zero attached hydrogens (tertiary/aromatic N) is 1. The number of carbonyl (C=O) groups excluding carboxylic acids is 3. The minimum Gasteiger partial charge on any atom is -0.296 e. The Morgan fingerprint density at radius 3 is 2.64 bits per heavy atom. The van der Waals surface area contributed by atoms with Crippen LogP contribution in [0, 0.1) is 0 Å². The highest BCUT2D eigenvalue weighted by Crippen LogP contribution is 2.35. The number of rotatable bonds is 2. The maximum atomic E-state index is 13.3. The van der Waals surface area contributed by atoms with Crippen molar-refractivity contribution in [3.05, 3.63) is 34.4 Å². The van der Waals surface area contributed by atoms with Crippen molar-refractivity contribution in [2.24, 2.45) is 5.84 Å². The summed E-state index contributed by atoms with van der Waals surface area (Å²) in [5.74, 6) is 3.29. The molecule has 3 N–H and O–H groups in total. The molecule has 1 aromatic carbocycles. The maximum absolute atomic E-state index is 13.3. The molecule has 1 fully saturated rings. The SMILES string of the molecule is NN1Cc2c(cc(C3CCC(=O)NC3=O)cc2C(F)F)C1=O. The van der Waals surface area contributed by atoms with E-state index < -0.39 is 24.2 Å². The maximum Gasteiger partial charge on any atom is 0.268 e. The van der Waals surface area contributed by atoms with Crippen LogP contribution < -0.4 is 11.2 Å². The number of amides is 3. The molecule has 2 aliphatic heterocycles. The highest BCUT2D eigenvalue weighted by molar-refractivity contribution is 6.02. The van der Waals surface area contributed by atoms with Crippen LogP contribution in [-0.2, 0) is 16.1 Å². The number of hydrazine groups is 1. The average molecular weight is 309 g/mol. The number of alkyl halides is 2. The number of halogens is 2. The molecule has 2 aliphatic rings. The highest BCUT2D eigenvalue weighted by Gasteiger charge is 2.34. The summed E-state index contributed by atoms with van der Waals surface area (Å²) in [5.41, 5.74) is 0.305. The Hall–Kier alpha value is -2.35. The number of carbonyl (C=O) groups is 3. The highest BCUT2D eigenvalue weighted by atomic mass is 19.3. The van der Waals surface area contributed by atoms with Crippen molar-refractivity contribution in [3.63, 3.8) is 0 Å². The zero-order valence-corrected chi connectivity index (χ0v) is 11.4. The normalized spacial score (nSPS) is 21.4. The van der Waals surface area contributed by atoms with Gasteiger partial charge in [-0.05, 0) is 29.7 Å². The molecule has 0 aliphatic carbocycles. The van der Waals surface area contributed by atoms with E-state index in [2.05, 4.69) is 5.32 Å². The first-order valence-electron chi connectivity index (χ1n) is 6.73. The van der Waals surface area contributed by atoms with E-state index >= 15 is 0 Å². The Labute approximate surface area is 124 Å². The van der Waals surface area contributed by atoms with E-state index in [9.17, 15) is 23.2 Å². The van der Waals surface area contributed by atoms with Crippen LogP contribution in [0.4, 0.5) is 8.78 Å². The molecule has 0 bridgehead atoms. The van der Waals surface area contributed by atoms with Crippen molar-refractivity contribution in [1.82, 2.24) is 10.3 Å². The molecule has 2 heterocycles. The molecule has 0 saturated carbocycles. The minimum absolute atomic E-state index is 0.0799. The number of fused-ring (bicyclic) bond motifs is 1. The standard InChI is InChI=1S/C14H13F2N3O3/c15-12(16)8-3-6(7-1-2-11(20)18-13(7)21)4-9-10(8)5-19(17)14(9)22/h3-4,7,12H,1-2,5,17H2,(H,18,20,21). The lowest BCUT2D eigenvalue weighted by molar-refractivity contribution is -0.134. The molecule has 8 heteroatoms. The number of hydrogen-bond acceptors (Lipinski definition) is 4. The smallest absolute Gasteiger partial charge is 0.268 e. The molecule has 3 rings (SSSR count). The fraction of sp³-hybridized carbons (Fsp3) is 0.357. The third-order valence-corrected chi connectivity index (χ3v) is 4.00. The molecule has 116 valence electrons. The van der Waals surface area contributed by atoms with Gasteiger partial charge in [0.2, 0.25) is 11.8 Å². The quantitative estimate of drug-likeness (QED) is 0.484. The van der Waals surface area contributed by atoms with Gasteiger partial charge >= 0.3 is 0 Å². The second-order valence-corrected chi connectivity index (χ2v) is 5.37. The summed E-state index contributed by atoms with van der Waals surface area (Å²) in [6, 6.07) is 2.66. The van der Waals surface area contributed by atoms with Crippen molar-refractivity contribution in [3.8, 4) is 0 Å². The van der Waals surface area contributed by atoms with Crippen LogP contribution in [0.15, 0.2) is 12.1 Å². The number of hydrogen-bond donors (Lipinski definition) is 2. The number of nitrogens with two attached hydrogens (primary N) is 1. The molecule has 0 aromatic heterocycles. The van der Waals surface area contributed by atoms with Crippen LogP contribution in [0.5, 0.6) is 0 Å². The number of benzene rings is 1. The van der Waals surface area contributed by atoms with E-state index in [1.165, 1.54) is 12.1 Å². The summed E-state index contributed by atoms with van der Waals surface area (Å²) in [6.45, 7) is -0.0799. The van der Waals surface area contributed by atoms with Gasteiger partial charge in [0.05, 0.1) is 12.5 Å². The Morgan fingerprint density at radius 2 is 2.00 bits per heavy atom. The number of nitrogens with one attached hydrogen (secondary N) is 1. The van der Waals surface area contributed by atoms with E-state index in [1.54, 1.807) is 0 Å². The van der Waals surface area contributed by atoms with Gasteiger partial charge in [0, 0.05) is 17.5 Å². The van der Waals surface area contributed by atoms with Crippen LogP contribution in [0.25, 0.3) is 0 Å². The lowest BCUT2D eigenvalue weighted by atomic mass is 9.87. The lowest BCUT2D eigenvalue weighted by Crippen LogP contribution is -2.39. The van der Waals surface area contributed by atoms with Gasteiger partial charge < -0.3 is 0 Å². The molecule has 1 saturated heterocycles. The first-order valence-corrected chi connectivity index (χ1v) is 6.73. The molecule has 3 amide bonds. The fourth-order valence-corrected chi connectivity index (χ4v) is 2.89. The van der Waals surface area contributed by atoms with Crippen molar-refractivity contribution in [1.29, 1.82) is 0 Å². The van der Waals surface area contributed by atoms with Gasteiger partial charge in [-0.3, -0.25) is 24.7 Å². The average Bonchev–Trinajstić information content (AvgIpc) is 2.73. The molecule has 0 spiro atoms. The summed E-state index contributed by atoms with van der Waals surface area (Å²) < 4.78 is 26.5. The van der Waals surface area contributed by atoms with E-state index in [4.69, 9.17) is 5.84 Å². The topological polar surface area (TPSA) is 92.5 Å². The van der Waals surface area contributed by atoms with Crippen LogP contribution in [0.2, 0.25) is 0 Å². The van der Waals surface area contributed by atoms with Gasteiger partial charge in [-0.25, -0.2) is 14.6 Å². The Kier molecular flexibility index (Phi) is 3.40. The van der Waals surface area contributed by atoms with Gasteiger partial charge in [0.1, 0.15) is 0 Å². The summed E-state index contributed by atoms with van der Waals surface area (Å²) in [4.78, 5) is 35.0. The molecular weight excluding hydrogens is 296 g/mol. The number of piperidine rings is 1. The predicted octanol–water partition coefficient (Wildman–Crippen LogP) is 0.974. The minimum atomic E-state index is -2.78. The Bertz CT molecular complexity index is 690. The monoisotopic (exact) mass is 309 g/mol. The fourth-order valence-electron chi connectivity index (χ4n) is 2.89. The Morgan fingerprint density at radius 1 is 1.27 bits per heavy atom. The molecule has 22 heavy (non-hydrogen) atoms. The van der Waals surface area contributed by atoms with Crippen molar-refractivity contribution in [2.75, 3.05) is 0 Å². The molecule has 1 unspecified atom stereocenters. The van der Waals surface area contributed by atoms with Crippen molar-refractivity contribution < 1.29 is 23.2 Å². The molecular formula is C14H13F2N3O3. The second kappa shape index (κ2) is 5.13. The molecule has 1 aromatic rings. The lowest BCUT2D eigenvalue weighted by Gasteiger charge is -2.22. The first-order chi connectivity index (χ1) is 10.4. The third kappa shape index (κ3) is 2.25. The van der Waals surface area contributed by atoms with E-state index in [1.807, 2.05) is 0 Å². The summed E-state index contributed by atoms with van der Waals surface area (Å²) in [7, 11) is 0.